The van der Waals surface area contributed by atoms with Gasteiger partial charge in [-0.1, -0.05) is 42.5 Å². The Morgan fingerprint density at radius 2 is 1.66 bits per heavy atom. The van der Waals surface area contributed by atoms with Crippen LogP contribution in [-0.4, -0.2) is 33.9 Å². The van der Waals surface area contributed by atoms with Crippen LogP contribution in [0.15, 0.2) is 113 Å². The number of nitrogens with zero attached hydrogens (tertiary/aromatic N) is 4. The van der Waals surface area contributed by atoms with E-state index in [9.17, 15) is 19.7 Å². The number of nitro benzene ring substituents is 1. The number of para-hydroxylation sites is 1. The molecule has 1 heterocycles. The molecule has 4 aromatic carbocycles. The number of aromatic nitrogens is 2. The van der Waals surface area contributed by atoms with Crippen molar-refractivity contribution in [3.05, 3.63) is 135 Å². The molecule has 0 aliphatic heterocycles. The first-order chi connectivity index (χ1) is 19.9. The van der Waals surface area contributed by atoms with Gasteiger partial charge in [0.05, 0.1) is 29.2 Å². The number of rotatable bonds is 8. The molecule has 1 aromatic heterocycles. The third kappa shape index (κ3) is 6.07. The van der Waals surface area contributed by atoms with Crippen molar-refractivity contribution in [2.24, 2.45) is 5.10 Å². The molecule has 0 aliphatic carbocycles. The van der Waals surface area contributed by atoms with Gasteiger partial charge in [0.15, 0.2) is 17.3 Å². The zero-order valence-electron chi connectivity index (χ0n) is 21.7. The van der Waals surface area contributed by atoms with Gasteiger partial charge in [0, 0.05) is 23.8 Å². The molecule has 202 valence electrons. The number of fused-ring (bicyclic) bond motifs is 1. The average molecular weight is 547 g/mol. The quantitative estimate of drug-likeness (QED) is 0.0630. The lowest BCUT2D eigenvalue weighted by Gasteiger charge is -2.10. The standard InChI is InChI=1S/C31H22N4O6/c1-40-28-19-22(11-17-27(28)41-29(36)18-12-21-7-3-2-4-8-21)20-32-34-30(23-13-15-24(16-14-23)35(38)39)33-26-10-6-5-9-25(26)31(34)37/h2-20H,1H3/b18-12+,32-20?. The van der Waals surface area contributed by atoms with Crippen LogP contribution in [0.25, 0.3) is 28.4 Å². The number of benzene rings is 4. The van der Waals surface area contributed by atoms with E-state index in [1.54, 1.807) is 48.5 Å². The molecule has 0 N–H and O–H groups in total. The summed E-state index contributed by atoms with van der Waals surface area (Å²) >= 11 is 0. The van der Waals surface area contributed by atoms with E-state index >= 15 is 0 Å². The summed E-state index contributed by atoms with van der Waals surface area (Å²) in [5.74, 6) is 0.135. The first-order valence-corrected chi connectivity index (χ1v) is 12.4. The van der Waals surface area contributed by atoms with Crippen molar-refractivity contribution >= 4 is 34.9 Å². The lowest BCUT2D eigenvalue weighted by Crippen LogP contribution is -2.20. The highest BCUT2D eigenvalue weighted by molar-refractivity contribution is 5.89. The van der Waals surface area contributed by atoms with E-state index in [0.29, 0.717) is 22.0 Å². The van der Waals surface area contributed by atoms with Gasteiger partial charge in [-0.2, -0.15) is 9.78 Å². The second-order valence-corrected chi connectivity index (χ2v) is 8.69. The highest BCUT2D eigenvalue weighted by Gasteiger charge is 2.14. The first kappa shape index (κ1) is 26.7. The molecule has 10 heteroatoms. The van der Waals surface area contributed by atoms with E-state index in [2.05, 4.69) is 10.1 Å². The van der Waals surface area contributed by atoms with Gasteiger partial charge in [-0.05, 0) is 59.7 Å². The molecule has 0 atom stereocenters. The average Bonchev–Trinajstić information content (AvgIpc) is 3.00. The van der Waals surface area contributed by atoms with Gasteiger partial charge < -0.3 is 9.47 Å². The minimum absolute atomic E-state index is 0.0876. The molecule has 0 aliphatic rings. The second kappa shape index (κ2) is 11.9. The fraction of sp³-hybridized carbons (Fsp3) is 0.0323. The number of carbonyl (C=O) groups is 1. The van der Waals surface area contributed by atoms with E-state index in [1.165, 1.54) is 43.7 Å². The number of carbonyl (C=O) groups excluding carboxylic acids is 1. The van der Waals surface area contributed by atoms with Crippen LogP contribution in [0.1, 0.15) is 11.1 Å². The summed E-state index contributed by atoms with van der Waals surface area (Å²) < 4.78 is 12.0. The second-order valence-electron chi connectivity index (χ2n) is 8.69. The molecular formula is C31H22N4O6. The maximum absolute atomic E-state index is 13.4. The van der Waals surface area contributed by atoms with Crippen LogP contribution in [0.2, 0.25) is 0 Å². The van der Waals surface area contributed by atoms with Crippen molar-refractivity contribution in [1.82, 2.24) is 9.66 Å². The number of esters is 1. The predicted octanol–water partition coefficient (Wildman–Crippen LogP) is 5.48. The van der Waals surface area contributed by atoms with Gasteiger partial charge in [0.1, 0.15) is 0 Å². The fourth-order valence-electron chi connectivity index (χ4n) is 3.99. The summed E-state index contributed by atoms with van der Waals surface area (Å²) in [6, 6.07) is 26.7. The number of non-ortho nitro benzene ring substituents is 1. The zero-order valence-corrected chi connectivity index (χ0v) is 21.7. The molecule has 0 bridgehead atoms. The molecular weight excluding hydrogens is 524 g/mol. The Labute approximate surface area is 233 Å². The van der Waals surface area contributed by atoms with Crippen LogP contribution in [0.4, 0.5) is 5.69 Å². The van der Waals surface area contributed by atoms with Gasteiger partial charge in [-0.15, -0.1) is 0 Å². The molecule has 10 nitrogen and oxygen atoms in total. The number of methoxy groups -OCH3 is 1. The molecule has 0 saturated heterocycles. The molecule has 0 amide bonds. The third-order valence-corrected chi connectivity index (χ3v) is 6.02. The van der Waals surface area contributed by atoms with E-state index in [-0.39, 0.29) is 23.0 Å². The summed E-state index contributed by atoms with van der Waals surface area (Å²) in [5, 5.41) is 15.9. The van der Waals surface area contributed by atoms with Crippen LogP contribution < -0.4 is 15.0 Å². The SMILES string of the molecule is COc1cc(C=Nn2c(-c3ccc([N+](=O)[O-])cc3)nc3ccccc3c2=O)ccc1OC(=O)/C=C/c1ccccc1. The minimum atomic E-state index is -0.574. The molecule has 0 radical (unpaired) electrons. The topological polar surface area (TPSA) is 126 Å². The summed E-state index contributed by atoms with van der Waals surface area (Å²) in [6.45, 7) is 0. The molecule has 5 rings (SSSR count). The Balaban J connectivity index is 1.46. The number of hydrogen-bond donors (Lipinski definition) is 0. The van der Waals surface area contributed by atoms with Crippen molar-refractivity contribution in [2.75, 3.05) is 7.11 Å². The summed E-state index contributed by atoms with van der Waals surface area (Å²) in [7, 11) is 1.44. The molecule has 0 fully saturated rings. The highest BCUT2D eigenvalue weighted by Crippen LogP contribution is 2.28. The van der Waals surface area contributed by atoms with Gasteiger partial charge in [0.25, 0.3) is 11.2 Å². The van der Waals surface area contributed by atoms with Crippen molar-refractivity contribution in [3.8, 4) is 22.9 Å². The summed E-state index contributed by atoms with van der Waals surface area (Å²) in [4.78, 5) is 40.9. The number of ether oxygens (including phenoxy) is 2. The summed E-state index contributed by atoms with van der Waals surface area (Å²) in [5.41, 5.74) is 1.84. The summed E-state index contributed by atoms with van der Waals surface area (Å²) in [6.07, 6.45) is 4.41. The zero-order chi connectivity index (χ0) is 28.8. The minimum Gasteiger partial charge on any atom is -0.493 e. The van der Waals surface area contributed by atoms with Crippen molar-refractivity contribution in [2.45, 2.75) is 0 Å². The number of nitro groups is 1. The Hall–Kier alpha value is -5.90. The fourth-order valence-corrected chi connectivity index (χ4v) is 3.99. The van der Waals surface area contributed by atoms with E-state index in [1.807, 2.05) is 30.3 Å². The van der Waals surface area contributed by atoms with Crippen LogP contribution in [-0.2, 0) is 4.79 Å². The van der Waals surface area contributed by atoms with Crippen LogP contribution in [0, 0.1) is 10.1 Å². The smallest absolute Gasteiger partial charge is 0.336 e. The van der Waals surface area contributed by atoms with E-state index < -0.39 is 16.5 Å². The largest absolute Gasteiger partial charge is 0.493 e. The van der Waals surface area contributed by atoms with Gasteiger partial charge >= 0.3 is 5.97 Å². The lowest BCUT2D eigenvalue weighted by atomic mass is 10.1. The van der Waals surface area contributed by atoms with Crippen molar-refractivity contribution < 1.29 is 19.2 Å². The van der Waals surface area contributed by atoms with Gasteiger partial charge in [0.2, 0.25) is 0 Å². The van der Waals surface area contributed by atoms with E-state index in [4.69, 9.17) is 9.47 Å². The van der Waals surface area contributed by atoms with Crippen LogP contribution in [0.5, 0.6) is 11.5 Å². The molecule has 0 unspecified atom stereocenters. The van der Waals surface area contributed by atoms with Gasteiger partial charge in [-0.3, -0.25) is 14.9 Å². The Bertz CT molecular complexity index is 1860. The molecule has 41 heavy (non-hydrogen) atoms. The predicted molar refractivity (Wildman–Crippen MR) is 155 cm³/mol. The maximum atomic E-state index is 13.4. The Morgan fingerprint density at radius 1 is 0.927 bits per heavy atom. The monoisotopic (exact) mass is 546 g/mol. The normalized spacial score (nSPS) is 11.2. The molecule has 0 saturated carbocycles. The third-order valence-electron chi connectivity index (χ3n) is 6.02. The highest BCUT2D eigenvalue weighted by atomic mass is 16.6. The number of hydrogen-bond acceptors (Lipinski definition) is 8. The molecule has 0 spiro atoms. The van der Waals surface area contributed by atoms with Gasteiger partial charge in [-0.25, -0.2) is 9.78 Å². The van der Waals surface area contributed by atoms with E-state index in [0.717, 1.165) is 10.2 Å². The lowest BCUT2D eigenvalue weighted by molar-refractivity contribution is -0.384. The van der Waals surface area contributed by atoms with Crippen molar-refractivity contribution in [1.29, 1.82) is 0 Å². The Morgan fingerprint density at radius 3 is 2.39 bits per heavy atom. The Kier molecular flexibility index (Phi) is 7.73. The van der Waals surface area contributed by atoms with Crippen LogP contribution >= 0.6 is 0 Å². The maximum Gasteiger partial charge on any atom is 0.336 e. The first-order valence-electron chi connectivity index (χ1n) is 12.4. The van der Waals surface area contributed by atoms with Crippen molar-refractivity contribution in [3.63, 3.8) is 0 Å². The van der Waals surface area contributed by atoms with Crippen LogP contribution in [0.3, 0.4) is 0 Å². The molecule has 5 aromatic rings.